The lowest BCUT2D eigenvalue weighted by Crippen LogP contribution is -2.53. The molecular formula is C35H51N3O6S. The Bertz CT molecular complexity index is 1270. The third-order valence-corrected chi connectivity index (χ3v) is 9.61. The maximum absolute atomic E-state index is 13.8. The van der Waals surface area contributed by atoms with Crippen LogP contribution in [0, 0.1) is 24.2 Å². The highest BCUT2D eigenvalue weighted by molar-refractivity contribution is 7.13. The maximum atomic E-state index is 13.8. The smallest absolute Gasteiger partial charge is 0.303 e. The number of aryl methyl sites for hydroxylation is 1. The van der Waals surface area contributed by atoms with E-state index < -0.39 is 35.4 Å². The van der Waals surface area contributed by atoms with Crippen LogP contribution in [0.5, 0.6) is 0 Å². The molecule has 0 saturated heterocycles. The van der Waals surface area contributed by atoms with E-state index in [-0.39, 0.29) is 30.4 Å². The number of nitrogens with one attached hydrogen (secondary N) is 2. The Hall–Kier alpha value is -3.11. The number of thiazole rings is 1. The normalized spacial score (nSPS) is 19.1. The zero-order valence-electron chi connectivity index (χ0n) is 27.3. The molecule has 2 amide bonds. The minimum Gasteiger partial charge on any atom is -0.481 e. The molecule has 1 aliphatic carbocycles. The fourth-order valence-corrected chi connectivity index (χ4v) is 6.86. The van der Waals surface area contributed by atoms with Crippen LogP contribution in [0.3, 0.4) is 0 Å². The minimum atomic E-state index is -0.758. The van der Waals surface area contributed by atoms with Gasteiger partial charge in [0.15, 0.2) is 5.78 Å². The van der Waals surface area contributed by atoms with E-state index in [0.717, 1.165) is 60.2 Å². The Morgan fingerprint density at radius 2 is 1.51 bits per heavy atom. The van der Waals surface area contributed by atoms with Crippen LogP contribution in [0.25, 0.3) is 10.4 Å². The van der Waals surface area contributed by atoms with Crippen molar-refractivity contribution in [3.8, 4) is 10.4 Å². The second kappa shape index (κ2) is 17.5. The Morgan fingerprint density at radius 1 is 0.911 bits per heavy atom. The molecule has 0 bridgehead atoms. The molecule has 248 valence electrons. The van der Waals surface area contributed by atoms with Crippen molar-refractivity contribution < 1.29 is 29.4 Å². The molecule has 3 rings (SSSR count). The quantitative estimate of drug-likeness (QED) is 0.150. The Morgan fingerprint density at radius 3 is 2.09 bits per heavy atom. The summed E-state index contributed by atoms with van der Waals surface area (Å²) in [5.41, 5.74) is 4.35. The first-order valence-electron chi connectivity index (χ1n) is 16.3. The van der Waals surface area contributed by atoms with Crippen molar-refractivity contribution >= 4 is 34.9 Å². The number of carboxylic acid groups (broad SMARTS) is 1. The number of hydrogen-bond acceptors (Lipinski definition) is 7. The SMILES string of the molecule is Cc1ncsc1-c1ccc(CNC(=O)[C@H]2CC(C(=O)C(NC(=O)CCCCCCCCCC(=O)O)C(C)(C)C)C[C@H](O)C2)cc1. The number of carboxylic acids is 1. The minimum absolute atomic E-state index is 0.122. The average Bonchev–Trinajstić information content (AvgIpc) is 3.42. The van der Waals surface area contributed by atoms with E-state index in [1.807, 2.05) is 57.5 Å². The topological polar surface area (TPSA) is 146 Å². The van der Waals surface area contributed by atoms with Gasteiger partial charge in [0.25, 0.3) is 0 Å². The lowest BCUT2D eigenvalue weighted by molar-refractivity contribution is -0.137. The van der Waals surface area contributed by atoms with E-state index in [1.165, 1.54) is 0 Å². The molecule has 4 N–H and O–H groups in total. The van der Waals surface area contributed by atoms with Crippen LogP contribution in [0.2, 0.25) is 0 Å². The number of nitrogens with zero attached hydrogens (tertiary/aromatic N) is 1. The molecule has 2 unspecified atom stereocenters. The molecule has 4 atom stereocenters. The molecule has 1 aromatic heterocycles. The second-order valence-electron chi connectivity index (χ2n) is 13.6. The largest absolute Gasteiger partial charge is 0.481 e. The molecule has 1 aliphatic rings. The molecule has 10 heteroatoms. The lowest BCUT2D eigenvalue weighted by atomic mass is 9.72. The number of ketones is 1. The number of aliphatic hydroxyl groups is 1. The number of Topliss-reactive ketones (excluding diaryl/α,β-unsaturated/α-hetero) is 1. The fraction of sp³-hybridized carbons (Fsp3) is 0.629. The van der Waals surface area contributed by atoms with Gasteiger partial charge in [-0.25, -0.2) is 4.98 Å². The molecule has 45 heavy (non-hydrogen) atoms. The van der Waals surface area contributed by atoms with Gasteiger partial charge in [0.2, 0.25) is 11.8 Å². The summed E-state index contributed by atoms with van der Waals surface area (Å²) in [6, 6.07) is 7.31. The van der Waals surface area contributed by atoms with Crippen LogP contribution in [-0.4, -0.2) is 50.9 Å². The molecule has 0 aliphatic heterocycles. The second-order valence-corrected chi connectivity index (χ2v) is 14.4. The molecule has 1 heterocycles. The number of unbranched alkanes of at least 4 members (excludes halogenated alkanes) is 6. The van der Waals surface area contributed by atoms with Crippen LogP contribution in [0.15, 0.2) is 29.8 Å². The number of hydrogen-bond donors (Lipinski definition) is 4. The Balaban J connectivity index is 1.47. The van der Waals surface area contributed by atoms with Crippen molar-refractivity contribution in [1.82, 2.24) is 15.6 Å². The molecule has 1 aromatic carbocycles. The third-order valence-electron chi connectivity index (χ3n) is 8.63. The van der Waals surface area contributed by atoms with E-state index in [1.54, 1.807) is 11.3 Å². The number of amides is 2. The van der Waals surface area contributed by atoms with Crippen molar-refractivity contribution in [2.24, 2.45) is 17.3 Å². The summed E-state index contributed by atoms with van der Waals surface area (Å²) in [6.45, 7) is 8.11. The van der Waals surface area contributed by atoms with Crippen molar-refractivity contribution in [2.75, 3.05) is 0 Å². The summed E-state index contributed by atoms with van der Waals surface area (Å²) in [7, 11) is 0. The Kier molecular flexibility index (Phi) is 14.2. The number of aliphatic hydroxyl groups excluding tert-OH is 1. The van der Waals surface area contributed by atoms with E-state index >= 15 is 0 Å². The van der Waals surface area contributed by atoms with E-state index in [9.17, 15) is 24.3 Å². The predicted octanol–water partition coefficient (Wildman–Crippen LogP) is 6.21. The Labute approximate surface area is 271 Å². The van der Waals surface area contributed by atoms with Gasteiger partial charge in [-0.2, -0.15) is 0 Å². The number of aliphatic carboxylic acids is 1. The summed E-state index contributed by atoms with van der Waals surface area (Å²) < 4.78 is 0. The van der Waals surface area contributed by atoms with Crippen LogP contribution < -0.4 is 10.6 Å². The van der Waals surface area contributed by atoms with Gasteiger partial charge in [-0.15, -0.1) is 11.3 Å². The summed E-state index contributed by atoms with van der Waals surface area (Å²) >= 11 is 1.59. The van der Waals surface area contributed by atoms with Gasteiger partial charge in [-0.05, 0) is 55.6 Å². The highest BCUT2D eigenvalue weighted by Gasteiger charge is 2.41. The van der Waals surface area contributed by atoms with Crippen molar-refractivity contribution in [2.45, 2.75) is 123 Å². The average molecular weight is 642 g/mol. The monoisotopic (exact) mass is 641 g/mol. The van der Waals surface area contributed by atoms with Gasteiger partial charge in [0.05, 0.1) is 28.2 Å². The first kappa shape index (κ1) is 36.4. The number of benzene rings is 1. The third kappa shape index (κ3) is 12.0. The van der Waals surface area contributed by atoms with Gasteiger partial charge in [-0.1, -0.05) is 77.1 Å². The lowest BCUT2D eigenvalue weighted by Gasteiger charge is -2.37. The highest BCUT2D eigenvalue weighted by Crippen LogP contribution is 2.34. The van der Waals surface area contributed by atoms with Crippen molar-refractivity contribution in [1.29, 1.82) is 0 Å². The van der Waals surface area contributed by atoms with E-state index in [0.29, 0.717) is 32.2 Å². The predicted molar refractivity (Wildman–Crippen MR) is 177 cm³/mol. The van der Waals surface area contributed by atoms with E-state index in [4.69, 9.17) is 5.11 Å². The molecule has 1 fully saturated rings. The van der Waals surface area contributed by atoms with Gasteiger partial charge in [-0.3, -0.25) is 19.2 Å². The number of aromatic nitrogens is 1. The summed E-state index contributed by atoms with van der Waals surface area (Å²) in [4.78, 5) is 55.8. The molecule has 0 radical (unpaired) electrons. The van der Waals surface area contributed by atoms with E-state index in [2.05, 4.69) is 15.6 Å². The molecule has 2 aromatic rings. The van der Waals surface area contributed by atoms with Crippen LogP contribution in [0.1, 0.15) is 109 Å². The first-order chi connectivity index (χ1) is 21.3. The first-order valence-corrected chi connectivity index (χ1v) is 17.2. The zero-order chi connectivity index (χ0) is 33.0. The molecule has 1 saturated carbocycles. The highest BCUT2D eigenvalue weighted by atomic mass is 32.1. The van der Waals surface area contributed by atoms with Gasteiger partial charge >= 0.3 is 5.97 Å². The number of carbonyl (C=O) groups is 4. The maximum Gasteiger partial charge on any atom is 0.303 e. The van der Waals surface area contributed by atoms with Gasteiger partial charge in [0.1, 0.15) is 0 Å². The number of rotatable bonds is 17. The molecular weight excluding hydrogens is 590 g/mol. The molecule has 9 nitrogen and oxygen atoms in total. The molecule has 0 spiro atoms. The summed E-state index contributed by atoms with van der Waals surface area (Å²) in [6.07, 6.45) is 6.97. The van der Waals surface area contributed by atoms with Crippen molar-refractivity contribution in [3.63, 3.8) is 0 Å². The number of carbonyl (C=O) groups excluding carboxylic acids is 3. The summed E-state index contributed by atoms with van der Waals surface area (Å²) in [5, 5.41) is 25.3. The standard InChI is InChI=1S/C35H51N3O6S/c1-23-32(45-22-37-23)25-16-14-24(15-17-25)21-36-34(44)27-18-26(19-28(39)20-27)31(43)33(35(2,3)4)38-29(40)12-10-8-6-5-7-9-11-13-30(41)42/h14-17,22,26-28,33,39H,5-13,18-21H2,1-4H3,(H,36,44)(H,38,40)(H,41,42)/t26?,27-,28-,33?/m0/s1. The zero-order valence-corrected chi connectivity index (χ0v) is 28.1. The van der Waals surface area contributed by atoms with Gasteiger partial charge < -0.3 is 20.8 Å². The van der Waals surface area contributed by atoms with Gasteiger partial charge in [0, 0.05) is 31.2 Å². The summed E-state index contributed by atoms with van der Waals surface area (Å²) in [5.74, 6) is -2.21. The van der Waals surface area contributed by atoms with Crippen LogP contribution in [-0.2, 0) is 25.7 Å². The van der Waals surface area contributed by atoms with Crippen LogP contribution >= 0.6 is 11.3 Å². The van der Waals surface area contributed by atoms with Crippen LogP contribution in [0.4, 0.5) is 0 Å². The fourth-order valence-electron chi connectivity index (χ4n) is 6.05. The van der Waals surface area contributed by atoms with Crippen molar-refractivity contribution in [3.05, 3.63) is 41.0 Å².